The van der Waals surface area contributed by atoms with Crippen LogP contribution in [0.4, 0.5) is 0 Å². The fraction of sp³-hybridized carbons (Fsp3) is 0.600. The van der Waals surface area contributed by atoms with Crippen molar-refractivity contribution in [2.45, 2.75) is 33.1 Å². The van der Waals surface area contributed by atoms with E-state index in [-0.39, 0.29) is 0 Å². The lowest BCUT2D eigenvalue weighted by Crippen LogP contribution is -2.31. The number of hydrogen-bond acceptors (Lipinski definition) is 2. The molecule has 2 nitrogen and oxygen atoms in total. The lowest BCUT2D eigenvalue weighted by Gasteiger charge is -2.25. The summed E-state index contributed by atoms with van der Waals surface area (Å²) in [5.74, 6) is 1.69. The molecule has 1 aromatic carbocycles. The highest BCUT2D eigenvalue weighted by Gasteiger charge is 2.19. The van der Waals surface area contributed by atoms with Crippen LogP contribution >= 0.6 is 11.6 Å². The average molecular weight is 268 g/mol. The number of aryl methyl sites for hydroxylation is 1. The van der Waals surface area contributed by atoms with Crippen molar-refractivity contribution in [1.82, 2.24) is 5.32 Å². The Morgan fingerprint density at radius 2 is 2.22 bits per heavy atom. The van der Waals surface area contributed by atoms with Gasteiger partial charge in [-0.1, -0.05) is 11.6 Å². The molecule has 100 valence electrons. The Kier molecular flexibility index (Phi) is 4.52. The van der Waals surface area contributed by atoms with Crippen LogP contribution in [0.25, 0.3) is 0 Å². The van der Waals surface area contributed by atoms with Crippen LogP contribution in [0.2, 0.25) is 5.02 Å². The number of benzene rings is 1. The van der Waals surface area contributed by atoms with Crippen molar-refractivity contribution < 1.29 is 4.74 Å². The van der Waals surface area contributed by atoms with Crippen molar-refractivity contribution in [2.75, 3.05) is 20.2 Å². The molecule has 1 fully saturated rings. The molecule has 1 unspecified atom stereocenters. The Balaban J connectivity index is 2.28. The largest absolute Gasteiger partial charge is 0.496 e. The van der Waals surface area contributed by atoms with Gasteiger partial charge in [0.15, 0.2) is 0 Å². The zero-order valence-electron chi connectivity index (χ0n) is 11.5. The molecular formula is C15H22ClNO. The van der Waals surface area contributed by atoms with E-state index in [0.29, 0.717) is 5.92 Å². The number of rotatable bonds is 3. The number of nitrogens with one attached hydrogen (secondary N) is 1. The van der Waals surface area contributed by atoms with Crippen molar-refractivity contribution in [3.05, 3.63) is 27.8 Å². The number of hydrogen-bond donors (Lipinski definition) is 1. The maximum Gasteiger partial charge on any atom is 0.126 e. The Morgan fingerprint density at radius 3 is 2.83 bits per heavy atom. The van der Waals surface area contributed by atoms with E-state index in [1.54, 1.807) is 7.11 Å². The summed E-state index contributed by atoms with van der Waals surface area (Å²) in [6.07, 6.45) is 3.66. The van der Waals surface area contributed by atoms with Gasteiger partial charge in [-0.3, -0.25) is 0 Å². The molecule has 1 N–H and O–H groups in total. The number of methoxy groups -OCH3 is 1. The molecule has 0 spiro atoms. The molecule has 1 atom stereocenters. The van der Waals surface area contributed by atoms with Crippen LogP contribution < -0.4 is 10.1 Å². The van der Waals surface area contributed by atoms with Crippen LogP contribution in [0.15, 0.2) is 6.07 Å². The molecule has 1 heterocycles. The standard InChI is InChI=1S/C15H22ClNO/c1-10-7-14(16)11(2)15(18-3)13(10)8-12-5-4-6-17-9-12/h7,12,17H,4-6,8-9H2,1-3H3. The third-order valence-corrected chi connectivity index (χ3v) is 4.28. The predicted octanol–water partition coefficient (Wildman–Crippen LogP) is 3.51. The van der Waals surface area contributed by atoms with Gasteiger partial charge in [0.1, 0.15) is 5.75 Å². The second kappa shape index (κ2) is 5.94. The molecule has 1 saturated heterocycles. The molecule has 3 heteroatoms. The van der Waals surface area contributed by atoms with Gasteiger partial charge in [0, 0.05) is 10.6 Å². The van der Waals surface area contributed by atoms with Crippen molar-refractivity contribution in [3.63, 3.8) is 0 Å². The van der Waals surface area contributed by atoms with Gasteiger partial charge in [0.05, 0.1) is 7.11 Å². The first kappa shape index (κ1) is 13.7. The number of piperidine rings is 1. The second-order valence-electron chi connectivity index (χ2n) is 5.23. The minimum absolute atomic E-state index is 0.715. The molecule has 1 aromatic rings. The van der Waals surface area contributed by atoms with Crippen LogP contribution in [0.5, 0.6) is 5.75 Å². The van der Waals surface area contributed by atoms with Crippen LogP contribution in [0.1, 0.15) is 29.5 Å². The SMILES string of the molecule is COc1c(C)c(Cl)cc(C)c1CC1CCCNC1. The smallest absolute Gasteiger partial charge is 0.126 e. The van der Waals surface area contributed by atoms with E-state index >= 15 is 0 Å². The first-order valence-electron chi connectivity index (χ1n) is 6.66. The Hall–Kier alpha value is -0.730. The summed E-state index contributed by atoms with van der Waals surface area (Å²) < 4.78 is 5.57. The van der Waals surface area contributed by atoms with E-state index in [9.17, 15) is 0 Å². The van der Waals surface area contributed by atoms with E-state index in [2.05, 4.69) is 18.3 Å². The second-order valence-corrected chi connectivity index (χ2v) is 5.64. The summed E-state index contributed by atoms with van der Waals surface area (Å²) in [4.78, 5) is 0. The Labute approximate surface area is 115 Å². The minimum atomic E-state index is 0.715. The maximum atomic E-state index is 6.22. The molecule has 2 rings (SSSR count). The van der Waals surface area contributed by atoms with Crippen LogP contribution in [-0.2, 0) is 6.42 Å². The first-order valence-corrected chi connectivity index (χ1v) is 7.04. The van der Waals surface area contributed by atoms with E-state index in [1.165, 1.54) is 24.0 Å². The van der Waals surface area contributed by atoms with E-state index in [0.717, 1.165) is 35.8 Å². The normalized spacial score (nSPS) is 19.9. The van der Waals surface area contributed by atoms with Crippen molar-refractivity contribution >= 4 is 11.6 Å². The summed E-state index contributed by atoms with van der Waals surface area (Å²) in [5, 5.41) is 4.27. The van der Waals surface area contributed by atoms with E-state index in [4.69, 9.17) is 16.3 Å². The highest BCUT2D eigenvalue weighted by molar-refractivity contribution is 6.31. The number of ether oxygens (including phenoxy) is 1. The molecule has 0 aliphatic carbocycles. The summed E-state index contributed by atoms with van der Waals surface area (Å²) in [7, 11) is 1.74. The van der Waals surface area contributed by atoms with E-state index < -0.39 is 0 Å². The van der Waals surface area contributed by atoms with Gasteiger partial charge in [-0.05, 0) is 69.3 Å². The van der Waals surface area contributed by atoms with Gasteiger partial charge in [-0.25, -0.2) is 0 Å². The van der Waals surface area contributed by atoms with Gasteiger partial charge < -0.3 is 10.1 Å². The van der Waals surface area contributed by atoms with Gasteiger partial charge in [-0.15, -0.1) is 0 Å². The summed E-state index contributed by atoms with van der Waals surface area (Å²) >= 11 is 6.22. The third-order valence-electron chi connectivity index (χ3n) is 3.89. The van der Waals surface area contributed by atoms with Crippen LogP contribution in [-0.4, -0.2) is 20.2 Å². The molecule has 18 heavy (non-hydrogen) atoms. The fourth-order valence-corrected chi connectivity index (χ4v) is 3.07. The molecule has 1 aliphatic heterocycles. The average Bonchev–Trinajstić information content (AvgIpc) is 2.37. The highest BCUT2D eigenvalue weighted by Crippen LogP contribution is 2.34. The quantitative estimate of drug-likeness (QED) is 0.905. The summed E-state index contributed by atoms with van der Waals surface area (Å²) in [5.41, 5.74) is 3.63. The van der Waals surface area contributed by atoms with E-state index in [1.807, 2.05) is 6.92 Å². The zero-order chi connectivity index (χ0) is 13.1. The highest BCUT2D eigenvalue weighted by atomic mass is 35.5. The van der Waals surface area contributed by atoms with Gasteiger partial charge >= 0.3 is 0 Å². The van der Waals surface area contributed by atoms with Crippen molar-refractivity contribution in [1.29, 1.82) is 0 Å². The molecule has 0 amide bonds. The molecule has 0 aromatic heterocycles. The molecule has 0 bridgehead atoms. The number of halogens is 1. The van der Waals surface area contributed by atoms with Gasteiger partial charge in [-0.2, -0.15) is 0 Å². The Bertz CT molecular complexity index is 425. The van der Waals surface area contributed by atoms with Crippen molar-refractivity contribution in [2.24, 2.45) is 5.92 Å². The monoisotopic (exact) mass is 267 g/mol. The molecule has 0 saturated carbocycles. The predicted molar refractivity (Wildman–Crippen MR) is 76.8 cm³/mol. The van der Waals surface area contributed by atoms with Gasteiger partial charge in [0.2, 0.25) is 0 Å². The van der Waals surface area contributed by atoms with Crippen molar-refractivity contribution in [3.8, 4) is 5.75 Å². The Morgan fingerprint density at radius 1 is 1.44 bits per heavy atom. The first-order chi connectivity index (χ1) is 8.63. The maximum absolute atomic E-state index is 6.22. The zero-order valence-corrected chi connectivity index (χ0v) is 12.2. The topological polar surface area (TPSA) is 21.3 Å². The minimum Gasteiger partial charge on any atom is -0.496 e. The van der Waals surface area contributed by atoms with Crippen LogP contribution in [0, 0.1) is 19.8 Å². The summed E-state index contributed by atoms with van der Waals surface area (Å²) in [6, 6.07) is 2.06. The molecule has 0 radical (unpaired) electrons. The molecular weight excluding hydrogens is 246 g/mol. The third kappa shape index (κ3) is 2.81. The van der Waals surface area contributed by atoms with Crippen LogP contribution in [0.3, 0.4) is 0 Å². The lowest BCUT2D eigenvalue weighted by molar-refractivity contribution is 0.362. The molecule has 1 aliphatic rings. The lowest BCUT2D eigenvalue weighted by atomic mass is 9.89. The summed E-state index contributed by atoms with van der Waals surface area (Å²) in [6.45, 7) is 6.43. The van der Waals surface area contributed by atoms with Gasteiger partial charge in [0.25, 0.3) is 0 Å². The fourth-order valence-electron chi connectivity index (χ4n) is 2.82.